The Kier molecular flexibility index (Phi) is 2.34. The second-order valence-corrected chi connectivity index (χ2v) is 5.33. The SMILES string of the molecule is CC(C(=O)c1ccc2c(c1)CCC2)C1CC1. The number of hydrogen-bond acceptors (Lipinski definition) is 1. The minimum absolute atomic E-state index is 0.236. The monoisotopic (exact) mass is 214 g/mol. The van der Waals surface area contributed by atoms with E-state index in [9.17, 15) is 4.79 Å². The lowest BCUT2D eigenvalue weighted by Crippen LogP contribution is -2.13. The Hall–Kier alpha value is -1.11. The third-order valence-corrected chi connectivity index (χ3v) is 4.13. The molecule has 1 unspecified atom stereocenters. The molecular formula is C15H18O. The average Bonchev–Trinajstić information content (AvgIpc) is 3.05. The summed E-state index contributed by atoms with van der Waals surface area (Å²) in [7, 11) is 0. The van der Waals surface area contributed by atoms with Gasteiger partial charge in [0, 0.05) is 11.5 Å². The molecule has 0 N–H and O–H groups in total. The zero-order chi connectivity index (χ0) is 11.1. The molecule has 3 rings (SSSR count). The normalized spacial score (nSPS) is 20.6. The first-order chi connectivity index (χ1) is 7.75. The van der Waals surface area contributed by atoms with Gasteiger partial charge in [-0.1, -0.05) is 19.1 Å². The highest BCUT2D eigenvalue weighted by Crippen LogP contribution is 2.38. The molecule has 2 aliphatic carbocycles. The molecule has 0 radical (unpaired) electrons. The summed E-state index contributed by atoms with van der Waals surface area (Å²) < 4.78 is 0. The van der Waals surface area contributed by atoms with E-state index in [4.69, 9.17) is 0 Å². The fourth-order valence-electron chi connectivity index (χ4n) is 2.80. The number of Topliss-reactive ketones (excluding diaryl/α,β-unsaturated/α-hetero) is 1. The molecule has 1 nitrogen and oxygen atoms in total. The van der Waals surface area contributed by atoms with Gasteiger partial charge in [-0.05, 0) is 55.2 Å². The summed E-state index contributed by atoms with van der Waals surface area (Å²) in [5, 5.41) is 0. The largest absolute Gasteiger partial charge is 0.294 e. The zero-order valence-corrected chi connectivity index (χ0v) is 9.83. The van der Waals surface area contributed by atoms with Crippen molar-refractivity contribution in [2.75, 3.05) is 0 Å². The highest BCUT2D eigenvalue weighted by atomic mass is 16.1. The first-order valence-electron chi connectivity index (χ1n) is 6.42. The summed E-state index contributed by atoms with van der Waals surface area (Å²) >= 11 is 0. The molecule has 1 atom stereocenters. The maximum atomic E-state index is 12.2. The molecular weight excluding hydrogens is 196 g/mol. The second-order valence-electron chi connectivity index (χ2n) is 5.33. The van der Waals surface area contributed by atoms with Gasteiger partial charge in [-0.2, -0.15) is 0 Å². The predicted molar refractivity (Wildman–Crippen MR) is 64.7 cm³/mol. The van der Waals surface area contributed by atoms with Crippen LogP contribution in [0, 0.1) is 11.8 Å². The number of carbonyl (C=O) groups is 1. The van der Waals surface area contributed by atoms with E-state index in [-0.39, 0.29) is 5.92 Å². The number of fused-ring (bicyclic) bond motifs is 1. The van der Waals surface area contributed by atoms with Crippen molar-refractivity contribution in [2.24, 2.45) is 11.8 Å². The molecule has 1 aromatic rings. The van der Waals surface area contributed by atoms with Gasteiger partial charge >= 0.3 is 0 Å². The summed E-state index contributed by atoms with van der Waals surface area (Å²) in [5.41, 5.74) is 3.81. The van der Waals surface area contributed by atoms with Crippen LogP contribution in [0.1, 0.15) is 47.7 Å². The van der Waals surface area contributed by atoms with Crippen LogP contribution in [0.3, 0.4) is 0 Å². The molecule has 1 saturated carbocycles. The van der Waals surface area contributed by atoms with E-state index in [0.717, 1.165) is 12.0 Å². The summed E-state index contributed by atoms with van der Waals surface area (Å²) in [6.45, 7) is 2.09. The number of hydrogen-bond donors (Lipinski definition) is 0. The molecule has 1 aromatic carbocycles. The Morgan fingerprint density at radius 1 is 1.25 bits per heavy atom. The minimum atomic E-state index is 0.236. The summed E-state index contributed by atoms with van der Waals surface area (Å²) in [6, 6.07) is 6.34. The Morgan fingerprint density at radius 2 is 2.00 bits per heavy atom. The van der Waals surface area contributed by atoms with E-state index in [0.29, 0.717) is 11.7 Å². The van der Waals surface area contributed by atoms with E-state index < -0.39 is 0 Å². The fraction of sp³-hybridized carbons (Fsp3) is 0.533. The lowest BCUT2D eigenvalue weighted by Gasteiger charge is -2.10. The molecule has 84 valence electrons. The van der Waals surface area contributed by atoms with Crippen LogP contribution < -0.4 is 0 Å². The van der Waals surface area contributed by atoms with Gasteiger partial charge in [-0.15, -0.1) is 0 Å². The predicted octanol–water partition coefficient (Wildman–Crippen LogP) is 3.40. The van der Waals surface area contributed by atoms with Gasteiger partial charge in [-0.3, -0.25) is 4.79 Å². The highest BCUT2D eigenvalue weighted by Gasteiger charge is 2.33. The van der Waals surface area contributed by atoms with Crippen LogP contribution in [0.2, 0.25) is 0 Å². The van der Waals surface area contributed by atoms with Crippen molar-refractivity contribution in [3.05, 3.63) is 34.9 Å². The topological polar surface area (TPSA) is 17.1 Å². The molecule has 0 bridgehead atoms. The fourth-order valence-corrected chi connectivity index (χ4v) is 2.80. The van der Waals surface area contributed by atoms with E-state index in [1.54, 1.807) is 0 Å². The van der Waals surface area contributed by atoms with E-state index in [2.05, 4.69) is 19.1 Å². The first-order valence-corrected chi connectivity index (χ1v) is 6.42. The number of ketones is 1. The van der Waals surface area contributed by atoms with Crippen LogP contribution in [-0.4, -0.2) is 5.78 Å². The van der Waals surface area contributed by atoms with Gasteiger partial charge in [0.2, 0.25) is 0 Å². The molecule has 16 heavy (non-hydrogen) atoms. The van der Waals surface area contributed by atoms with Crippen LogP contribution in [0.25, 0.3) is 0 Å². The molecule has 2 aliphatic rings. The van der Waals surface area contributed by atoms with Gasteiger partial charge < -0.3 is 0 Å². The maximum Gasteiger partial charge on any atom is 0.165 e. The smallest absolute Gasteiger partial charge is 0.165 e. The molecule has 0 aromatic heterocycles. The number of carbonyl (C=O) groups excluding carboxylic acids is 1. The minimum Gasteiger partial charge on any atom is -0.294 e. The van der Waals surface area contributed by atoms with Crippen molar-refractivity contribution in [3.8, 4) is 0 Å². The van der Waals surface area contributed by atoms with E-state index in [1.807, 2.05) is 6.07 Å². The van der Waals surface area contributed by atoms with Crippen molar-refractivity contribution in [1.82, 2.24) is 0 Å². The summed E-state index contributed by atoms with van der Waals surface area (Å²) in [4.78, 5) is 12.2. The Balaban J connectivity index is 1.85. The third kappa shape index (κ3) is 1.68. The van der Waals surface area contributed by atoms with Crippen LogP contribution in [0.15, 0.2) is 18.2 Å². The molecule has 0 spiro atoms. The molecule has 0 amide bonds. The lowest BCUT2D eigenvalue weighted by atomic mass is 9.93. The van der Waals surface area contributed by atoms with Crippen molar-refractivity contribution in [3.63, 3.8) is 0 Å². The van der Waals surface area contributed by atoms with Crippen LogP contribution >= 0.6 is 0 Å². The van der Waals surface area contributed by atoms with Crippen LogP contribution in [0.5, 0.6) is 0 Å². The summed E-state index contributed by atoms with van der Waals surface area (Å²) in [5.74, 6) is 1.26. The van der Waals surface area contributed by atoms with Crippen LogP contribution in [0.4, 0.5) is 0 Å². The van der Waals surface area contributed by atoms with Crippen molar-refractivity contribution in [1.29, 1.82) is 0 Å². The summed E-state index contributed by atoms with van der Waals surface area (Å²) in [6.07, 6.45) is 6.11. The lowest BCUT2D eigenvalue weighted by molar-refractivity contribution is 0.0916. The van der Waals surface area contributed by atoms with Gasteiger partial charge in [0.15, 0.2) is 5.78 Å². The molecule has 0 aliphatic heterocycles. The van der Waals surface area contributed by atoms with Crippen molar-refractivity contribution in [2.45, 2.75) is 39.0 Å². The molecule has 1 heteroatoms. The van der Waals surface area contributed by atoms with E-state index >= 15 is 0 Å². The standard InChI is InChI=1S/C15H18O/c1-10(11-5-6-11)15(16)14-8-7-12-3-2-4-13(12)9-14/h7-11H,2-6H2,1H3. The van der Waals surface area contributed by atoms with E-state index in [1.165, 1.54) is 36.8 Å². The molecule has 0 saturated heterocycles. The van der Waals surface area contributed by atoms with Gasteiger partial charge in [0.25, 0.3) is 0 Å². The van der Waals surface area contributed by atoms with Gasteiger partial charge in [0.05, 0.1) is 0 Å². The number of rotatable bonds is 3. The first kappa shape index (κ1) is 10.1. The maximum absolute atomic E-state index is 12.2. The average molecular weight is 214 g/mol. The zero-order valence-electron chi connectivity index (χ0n) is 9.83. The number of aryl methyl sites for hydroxylation is 2. The third-order valence-electron chi connectivity index (χ3n) is 4.13. The number of benzene rings is 1. The molecule has 0 heterocycles. The Bertz CT molecular complexity index is 429. The highest BCUT2D eigenvalue weighted by molar-refractivity contribution is 5.98. The van der Waals surface area contributed by atoms with Gasteiger partial charge in [-0.25, -0.2) is 0 Å². The second kappa shape index (κ2) is 3.73. The van der Waals surface area contributed by atoms with Crippen molar-refractivity contribution >= 4 is 5.78 Å². The Morgan fingerprint density at radius 3 is 2.75 bits per heavy atom. The quantitative estimate of drug-likeness (QED) is 0.705. The van der Waals surface area contributed by atoms with Crippen molar-refractivity contribution < 1.29 is 4.79 Å². The van der Waals surface area contributed by atoms with Gasteiger partial charge in [0.1, 0.15) is 0 Å². The Labute approximate surface area is 96.9 Å². The molecule has 1 fully saturated rings. The van der Waals surface area contributed by atoms with Crippen LogP contribution in [-0.2, 0) is 12.8 Å².